The van der Waals surface area contributed by atoms with Crippen molar-refractivity contribution in [3.05, 3.63) is 65.2 Å². The van der Waals surface area contributed by atoms with E-state index < -0.39 is 0 Å². The number of benzene rings is 2. The van der Waals surface area contributed by atoms with Gasteiger partial charge in [0.2, 0.25) is 5.91 Å². The lowest BCUT2D eigenvalue weighted by Gasteiger charge is -2.21. The average molecular weight is 352 g/mol. The Morgan fingerprint density at radius 2 is 2.04 bits per heavy atom. The van der Waals surface area contributed by atoms with E-state index in [4.69, 9.17) is 4.74 Å². The number of aromatic nitrogens is 1. The fraction of sp³-hybridized carbons (Fsp3) is 0.200. The van der Waals surface area contributed by atoms with E-state index in [2.05, 4.69) is 4.98 Å². The van der Waals surface area contributed by atoms with Crippen molar-refractivity contribution >= 4 is 33.5 Å². The molecule has 5 heteroatoms. The molecule has 0 fully saturated rings. The second kappa shape index (κ2) is 7.49. The molecule has 2 aromatic carbocycles. The molecule has 0 radical (unpaired) electrons. The normalized spacial score (nSPS) is 12.4. The zero-order valence-corrected chi connectivity index (χ0v) is 15.3. The van der Waals surface area contributed by atoms with Crippen molar-refractivity contribution in [2.24, 2.45) is 0 Å². The van der Waals surface area contributed by atoms with Crippen LogP contribution in [-0.4, -0.2) is 29.9 Å². The summed E-state index contributed by atoms with van der Waals surface area (Å²) in [7, 11) is 3.43. The molecule has 0 saturated carbocycles. The van der Waals surface area contributed by atoms with Gasteiger partial charge in [0.1, 0.15) is 10.8 Å². The molecule has 0 aliphatic carbocycles. The highest BCUT2D eigenvalue weighted by Gasteiger charge is 2.19. The SMILES string of the molecule is COc1cccc(/C=C/C(=O)N(C)[C@@H](C)c2nc3ccccc3s2)c1. The van der Waals surface area contributed by atoms with Gasteiger partial charge in [-0.05, 0) is 42.8 Å². The third kappa shape index (κ3) is 3.88. The van der Waals surface area contributed by atoms with Crippen LogP contribution in [-0.2, 0) is 4.79 Å². The number of ether oxygens (including phenoxy) is 1. The molecule has 25 heavy (non-hydrogen) atoms. The summed E-state index contributed by atoms with van der Waals surface area (Å²) >= 11 is 1.62. The zero-order chi connectivity index (χ0) is 17.8. The lowest BCUT2D eigenvalue weighted by atomic mass is 10.2. The Balaban J connectivity index is 1.73. The van der Waals surface area contributed by atoms with Crippen LogP contribution in [0.15, 0.2) is 54.6 Å². The molecule has 1 heterocycles. The maximum atomic E-state index is 12.5. The molecule has 0 saturated heterocycles. The van der Waals surface area contributed by atoms with E-state index in [1.54, 1.807) is 42.5 Å². The predicted octanol–water partition coefficient (Wildman–Crippen LogP) is 4.54. The highest BCUT2D eigenvalue weighted by Crippen LogP contribution is 2.29. The molecule has 0 unspecified atom stereocenters. The van der Waals surface area contributed by atoms with Crippen molar-refractivity contribution in [3.63, 3.8) is 0 Å². The molecular weight excluding hydrogens is 332 g/mol. The third-order valence-electron chi connectivity index (χ3n) is 4.11. The van der Waals surface area contributed by atoms with Crippen molar-refractivity contribution in [1.82, 2.24) is 9.88 Å². The van der Waals surface area contributed by atoms with Crippen molar-refractivity contribution in [2.75, 3.05) is 14.2 Å². The Labute approximate surface area is 151 Å². The van der Waals surface area contributed by atoms with Crippen LogP contribution in [0, 0.1) is 0 Å². The van der Waals surface area contributed by atoms with Gasteiger partial charge in [0.25, 0.3) is 0 Å². The quantitative estimate of drug-likeness (QED) is 0.633. The molecule has 0 aliphatic rings. The average Bonchev–Trinajstić information content (AvgIpc) is 3.09. The van der Waals surface area contributed by atoms with E-state index in [9.17, 15) is 4.79 Å². The van der Waals surface area contributed by atoms with Crippen molar-refractivity contribution in [2.45, 2.75) is 13.0 Å². The standard InChI is InChI=1S/C20H20N2O2S/c1-14(20-21-17-9-4-5-10-18(17)25-20)22(2)19(23)12-11-15-7-6-8-16(13-15)24-3/h4-14H,1-3H3/b12-11+/t14-/m0/s1. The number of amides is 1. The van der Waals surface area contributed by atoms with Gasteiger partial charge in [0.05, 0.1) is 23.4 Å². The summed E-state index contributed by atoms with van der Waals surface area (Å²) < 4.78 is 6.33. The van der Waals surface area contributed by atoms with Gasteiger partial charge in [-0.1, -0.05) is 24.3 Å². The lowest BCUT2D eigenvalue weighted by molar-refractivity contribution is -0.126. The van der Waals surface area contributed by atoms with Crippen LogP contribution in [0.25, 0.3) is 16.3 Å². The van der Waals surface area contributed by atoms with Gasteiger partial charge in [-0.3, -0.25) is 4.79 Å². The first-order valence-corrected chi connectivity index (χ1v) is 8.84. The fourth-order valence-corrected chi connectivity index (χ4v) is 3.52. The van der Waals surface area contributed by atoms with Crippen LogP contribution >= 0.6 is 11.3 Å². The number of methoxy groups -OCH3 is 1. The van der Waals surface area contributed by atoms with Gasteiger partial charge in [0.15, 0.2) is 0 Å². The molecule has 0 spiro atoms. The minimum Gasteiger partial charge on any atom is -0.497 e. The van der Waals surface area contributed by atoms with E-state index in [-0.39, 0.29) is 11.9 Å². The minimum atomic E-state index is -0.0835. The molecule has 0 aliphatic heterocycles. The van der Waals surface area contributed by atoms with Crippen LogP contribution < -0.4 is 4.74 Å². The number of thiazole rings is 1. The number of fused-ring (bicyclic) bond motifs is 1. The molecule has 0 N–H and O–H groups in total. The summed E-state index contributed by atoms with van der Waals surface area (Å²) in [5.41, 5.74) is 1.90. The molecule has 3 aromatic rings. The number of carbonyl (C=O) groups excluding carboxylic acids is 1. The van der Waals surface area contributed by atoms with Crippen molar-refractivity contribution in [3.8, 4) is 5.75 Å². The Morgan fingerprint density at radius 1 is 1.24 bits per heavy atom. The Bertz CT molecular complexity index is 884. The highest BCUT2D eigenvalue weighted by atomic mass is 32.1. The van der Waals surface area contributed by atoms with Gasteiger partial charge in [-0.25, -0.2) is 4.98 Å². The predicted molar refractivity (Wildman–Crippen MR) is 103 cm³/mol. The van der Waals surface area contributed by atoms with Crippen LogP contribution in [0.1, 0.15) is 23.5 Å². The second-order valence-corrected chi connectivity index (χ2v) is 6.82. The summed E-state index contributed by atoms with van der Waals surface area (Å²) in [6.07, 6.45) is 3.38. The fourth-order valence-electron chi connectivity index (χ4n) is 2.46. The van der Waals surface area contributed by atoms with Crippen LogP contribution in [0.4, 0.5) is 0 Å². The molecule has 128 valence electrons. The van der Waals surface area contributed by atoms with Gasteiger partial charge < -0.3 is 9.64 Å². The lowest BCUT2D eigenvalue weighted by Crippen LogP contribution is -2.27. The molecule has 1 aromatic heterocycles. The molecule has 1 atom stereocenters. The van der Waals surface area contributed by atoms with Gasteiger partial charge in [0, 0.05) is 13.1 Å². The van der Waals surface area contributed by atoms with E-state index in [1.807, 2.05) is 55.5 Å². The maximum absolute atomic E-state index is 12.5. The number of hydrogen-bond donors (Lipinski definition) is 0. The maximum Gasteiger partial charge on any atom is 0.246 e. The minimum absolute atomic E-state index is 0.0606. The Hall–Kier alpha value is -2.66. The van der Waals surface area contributed by atoms with Crippen molar-refractivity contribution in [1.29, 1.82) is 0 Å². The number of likely N-dealkylation sites (N-methyl/N-ethyl adjacent to an activating group) is 1. The molecule has 3 rings (SSSR count). The summed E-state index contributed by atoms with van der Waals surface area (Å²) in [5.74, 6) is 0.709. The number of para-hydroxylation sites is 1. The molecule has 1 amide bonds. The van der Waals surface area contributed by atoms with E-state index in [0.717, 1.165) is 26.5 Å². The molecular formula is C20H20N2O2S. The number of carbonyl (C=O) groups is 1. The smallest absolute Gasteiger partial charge is 0.246 e. The third-order valence-corrected chi connectivity index (χ3v) is 5.32. The zero-order valence-electron chi connectivity index (χ0n) is 14.5. The van der Waals surface area contributed by atoms with E-state index in [0.29, 0.717) is 0 Å². The number of nitrogens with zero attached hydrogens (tertiary/aromatic N) is 2. The van der Waals surface area contributed by atoms with Crippen LogP contribution in [0.3, 0.4) is 0 Å². The van der Waals surface area contributed by atoms with Gasteiger partial charge in [-0.15, -0.1) is 11.3 Å². The summed E-state index contributed by atoms with van der Waals surface area (Å²) in [4.78, 5) is 18.8. The monoisotopic (exact) mass is 352 g/mol. The van der Waals surface area contributed by atoms with Gasteiger partial charge >= 0.3 is 0 Å². The van der Waals surface area contributed by atoms with Crippen LogP contribution in [0.5, 0.6) is 5.75 Å². The second-order valence-electron chi connectivity index (χ2n) is 5.75. The Kier molecular flexibility index (Phi) is 5.14. The van der Waals surface area contributed by atoms with Crippen LogP contribution in [0.2, 0.25) is 0 Å². The first kappa shape index (κ1) is 17.2. The first-order valence-electron chi connectivity index (χ1n) is 8.03. The number of hydrogen-bond acceptors (Lipinski definition) is 4. The van der Waals surface area contributed by atoms with E-state index in [1.165, 1.54) is 0 Å². The molecule has 0 bridgehead atoms. The van der Waals surface area contributed by atoms with Gasteiger partial charge in [-0.2, -0.15) is 0 Å². The Morgan fingerprint density at radius 3 is 2.80 bits per heavy atom. The first-order chi connectivity index (χ1) is 12.1. The number of rotatable bonds is 5. The summed E-state index contributed by atoms with van der Waals surface area (Å²) in [5, 5.41) is 0.937. The molecule has 4 nitrogen and oxygen atoms in total. The summed E-state index contributed by atoms with van der Waals surface area (Å²) in [6, 6.07) is 15.5. The largest absolute Gasteiger partial charge is 0.497 e. The highest BCUT2D eigenvalue weighted by molar-refractivity contribution is 7.18. The topological polar surface area (TPSA) is 42.4 Å². The van der Waals surface area contributed by atoms with Crippen molar-refractivity contribution < 1.29 is 9.53 Å². The van der Waals surface area contributed by atoms with E-state index >= 15 is 0 Å². The summed E-state index contributed by atoms with van der Waals surface area (Å²) in [6.45, 7) is 2.00.